The van der Waals surface area contributed by atoms with Gasteiger partial charge in [0.2, 0.25) is 5.91 Å². The molecular weight excluding hydrogens is 691 g/mol. The van der Waals surface area contributed by atoms with Crippen molar-refractivity contribution in [2.75, 3.05) is 12.3 Å². The summed E-state index contributed by atoms with van der Waals surface area (Å²) in [5, 5.41) is 10.8. The molecule has 0 bridgehead atoms. The monoisotopic (exact) mass is 720 g/mol. The molecule has 3 atom stereocenters. The Morgan fingerprint density at radius 1 is 1.06 bits per heavy atom. The zero-order chi connectivity index (χ0) is 22.2. The Morgan fingerprint density at radius 2 is 1.78 bits per heavy atom. The Bertz CT molecular complexity index is 708. The van der Waals surface area contributed by atoms with E-state index in [0.29, 0.717) is 29.7 Å². The second-order valence-electron chi connectivity index (χ2n) is 8.00. The molecule has 2 N–H and O–H groups in total. The molecular formula is C20H29N4O6RfS-. The molecule has 3 aliphatic rings. The van der Waals surface area contributed by atoms with Crippen molar-refractivity contribution < 1.29 is 28.8 Å². The molecule has 0 aromatic carbocycles. The van der Waals surface area contributed by atoms with Crippen molar-refractivity contribution in [2.45, 2.75) is 81.5 Å². The van der Waals surface area contributed by atoms with E-state index in [1.54, 1.807) is 0 Å². The van der Waals surface area contributed by atoms with E-state index in [-0.39, 0.29) is 43.3 Å². The molecule has 0 aromatic rings. The molecule has 3 heterocycles. The molecule has 0 spiro atoms. The van der Waals surface area contributed by atoms with Crippen LogP contribution in [0.1, 0.15) is 64.2 Å². The molecule has 0 radical (unpaired) electrons. The first-order chi connectivity index (χ1) is 14.9. The summed E-state index contributed by atoms with van der Waals surface area (Å²) >= 11 is 1.85. The van der Waals surface area contributed by atoms with E-state index in [9.17, 15) is 24.0 Å². The number of thioether (sulfide) groups is 1. The van der Waals surface area contributed by atoms with Gasteiger partial charge in [0.15, 0.2) is 6.03 Å². The Hall–Kier alpha value is -3.30. The molecule has 12 heteroatoms. The smallest absolute Gasteiger partial charge is 0.333 e. The quantitative estimate of drug-likeness (QED) is 0.178. The molecule has 10 nitrogen and oxygen atoms in total. The third-order valence-electron chi connectivity index (χ3n) is 5.59. The predicted octanol–water partition coefficient (Wildman–Crippen LogP) is 1.78. The third-order valence-corrected chi connectivity index (χ3v) is 7.08. The van der Waals surface area contributed by atoms with Crippen LogP contribution < -0.4 is 10.6 Å². The van der Waals surface area contributed by atoms with Gasteiger partial charge in [-0.05, 0) is 43.5 Å². The minimum atomic E-state index is -0.592. The van der Waals surface area contributed by atoms with Gasteiger partial charge in [-0.25, -0.2) is 4.79 Å². The van der Waals surface area contributed by atoms with Crippen LogP contribution in [-0.2, 0) is 24.0 Å². The Morgan fingerprint density at radius 3 is 2.53 bits per heavy atom. The van der Waals surface area contributed by atoms with E-state index in [2.05, 4.69) is 16.0 Å². The molecule has 174 valence electrons. The maximum atomic E-state index is 11.9. The number of hydrogen-bond donors (Lipinski definition) is 2. The van der Waals surface area contributed by atoms with E-state index in [4.69, 9.17) is 4.84 Å². The van der Waals surface area contributed by atoms with E-state index in [1.807, 2.05) is 11.8 Å². The van der Waals surface area contributed by atoms with Crippen LogP contribution in [0.2, 0.25) is 0 Å². The van der Waals surface area contributed by atoms with Gasteiger partial charge in [-0.15, -0.1) is 5.06 Å². The summed E-state index contributed by atoms with van der Waals surface area (Å²) in [7, 11) is 0. The minimum Gasteiger partial charge on any atom is -0.445 e. The number of nitrogens with zero attached hydrogens (tertiary/aromatic N) is 2. The first kappa shape index (κ1) is 25.0. The maximum Gasteiger partial charge on any atom is 0.333 e. The zero-order valence-corrected chi connectivity index (χ0v) is 25.4. The fraction of sp³-hybridized carbons (Fsp3) is 0.750. The van der Waals surface area contributed by atoms with Crippen molar-refractivity contribution in [1.29, 1.82) is 0 Å². The molecule has 3 aliphatic heterocycles. The summed E-state index contributed by atoms with van der Waals surface area (Å²) in [5.74, 6) is -0.640. The maximum absolute atomic E-state index is 11.9. The van der Waals surface area contributed by atoms with E-state index in [1.165, 1.54) is 0 Å². The summed E-state index contributed by atoms with van der Waals surface area (Å²) in [4.78, 5) is 62.5. The van der Waals surface area contributed by atoms with Crippen molar-refractivity contribution in [3.8, 4) is 0 Å². The fourth-order valence-electron chi connectivity index (χ4n) is 3.90. The number of hydrogen-bond acceptors (Lipinski definition) is 7. The number of fused-ring (bicyclic) bond motifs is 1. The summed E-state index contributed by atoms with van der Waals surface area (Å²) in [6.07, 6.45) is 5.53. The third kappa shape index (κ3) is 6.86. The first-order valence-corrected chi connectivity index (χ1v) is 11.9. The summed E-state index contributed by atoms with van der Waals surface area (Å²) in [6, 6.07) is 0.0613. The average molecular weight is 721 g/mol. The molecule has 5 amide bonds. The number of rotatable bonds is 12. The van der Waals surface area contributed by atoms with Gasteiger partial charge in [-0.1, -0.05) is 12.8 Å². The number of carbonyl (C=O) groups excluding carboxylic acids is 5. The van der Waals surface area contributed by atoms with E-state index >= 15 is 0 Å². The molecule has 3 fully saturated rings. The van der Waals surface area contributed by atoms with E-state index in [0.717, 1.165) is 37.9 Å². The van der Waals surface area contributed by atoms with Crippen LogP contribution in [0, 0.1) is 0 Å². The van der Waals surface area contributed by atoms with Crippen LogP contribution in [-0.4, -0.2) is 64.4 Å². The number of hydroxylamine groups is 2. The molecule has 3 rings (SSSR count). The number of urea groups is 1. The van der Waals surface area contributed by atoms with Gasteiger partial charge in [0.05, 0.1) is 0 Å². The van der Waals surface area contributed by atoms with Gasteiger partial charge in [-0.3, -0.25) is 19.2 Å². The van der Waals surface area contributed by atoms with Crippen LogP contribution >= 0.6 is 11.8 Å². The number of imide groups is 1. The van der Waals surface area contributed by atoms with Crippen LogP contribution in [0.5, 0.6) is 0 Å². The SMILES string of the molecule is O=C(CCCCC1SC[C@@H]2[N-]C(=O)N[C@H]12)NCCCCCC(=O)ON1C(=O)CCC1=O.[Rf]. The Labute approximate surface area is 185 Å². The summed E-state index contributed by atoms with van der Waals surface area (Å²) in [6.45, 7) is 0.548. The van der Waals surface area contributed by atoms with Gasteiger partial charge in [-0.2, -0.15) is 11.8 Å². The number of nitrogens with one attached hydrogen (secondary N) is 2. The van der Waals surface area contributed by atoms with Crippen molar-refractivity contribution >= 4 is 41.5 Å². The van der Waals surface area contributed by atoms with Crippen molar-refractivity contribution in [2.24, 2.45) is 0 Å². The fourth-order valence-corrected chi connectivity index (χ4v) is 5.42. The molecule has 1 unspecified atom stereocenters. The largest absolute Gasteiger partial charge is 0.445 e. The standard InChI is InChI=1S/C20H30N4O6S.Rf/c25-15(7-4-3-6-14-19-13(12-31-14)22-20(29)23-19)21-11-5-1-2-8-18(28)30-24-16(26)9-10-17(24)27;/h13-14,19H,1-12H2,(H3,21,22,23,25,29);/p-1/t13-,14?,19-;/m0./s1. The predicted molar refractivity (Wildman–Crippen MR) is 113 cm³/mol. The second-order valence-corrected chi connectivity index (χ2v) is 9.27. The topological polar surface area (TPSA) is 136 Å². The van der Waals surface area contributed by atoms with Crippen molar-refractivity contribution in [3.05, 3.63) is 5.32 Å². The molecule has 0 aromatic heterocycles. The number of amides is 5. The molecule has 32 heavy (non-hydrogen) atoms. The normalized spacial score (nSPS) is 23.9. The van der Waals surface area contributed by atoms with Gasteiger partial charge in [0.1, 0.15) is 0 Å². The minimum absolute atomic E-state index is 0. The van der Waals surface area contributed by atoms with Crippen molar-refractivity contribution in [3.63, 3.8) is 0 Å². The van der Waals surface area contributed by atoms with Gasteiger partial charge in [0.25, 0.3) is 11.8 Å². The van der Waals surface area contributed by atoms with Gasteiger partial charge in [0, 0.05) is 37.5 Å². The van der Waals surface area contributed by atoms with Gasteiger partial charge >= 0.3 is 5.97 Å². The van der Waals surface area contributed by atoms with Gasteiger partial charge < -0.3 is 20.8 Å². The van der Waals surface area contributed by atoms with Crippen LogP contribution in [0.15, 0.2) is 0 Å². The molecule has 3 saturated heterocycles. The van der Waals surface area contributed by atoms with E-state index < -0.39 is 17.8 Å². The average Bonchev–Trinajstić information content (AvgIpc) is 3.38. The Kier molecular flexibility index (Phi) is 9.30. The van der Waals surface area contributed by atoms with Crippen LogP contribution in [0.25, 0.3) is 5.32 Å². The second kappa shape index (κ2) is 11.9. The van der Waals surface area contributed by atoms with Crippen LogP contribution in [0.4, 0.5) is 4.79 Å². The van der Waals surface area contributed by atoms with Crippen LogP contribution in [0.3, 0.4) is 0 Å². The number of carbonyl (C=O) groups is 5. The first-order valence-electron chi connectivity index (χ1n) is 10.9. The Balaban J connectivity index is 0.00000363. The summed E-state index contributed by atoms with van der Waals surface area (Å²) < 4.78 is 0. The summed E-state index contributed by atoms with van der Waals surface area (Å²) in [5.41, 5.74) is 0. The molecule has 0 saturated carbocycles. The van der Waals surface area contributed by atoms with Crippen molar-refractivity contribution in [1.82, 2.24) is 15.7 Å². The number of unbranched alkanes of at least 4 members (excludes halogenated alkanes) is 3. The molecule has 0 aliphatic carbocycles. The zero-order valence-electron chi connectivity index (χ0n) is 18.2.